The van der Waals surface area contributed by atoms with Crippen LogP contribution in [0.15, 0.2) is 60.8 Å². The molecule has 1 aromatic heterocycles. The second-order valence-electron chi connectivity index (χ2n) is 10.1. The molecule has 5 rings (SSSR count). The maximum absolute atomic E-state index is 12.9. The Bertz CT molecular complexity index is 1110. The van der Waals surface area contributed by atoms with Crippen molar-refractivity contribution in [2.24, 2.45) is 0 Å². The Morgan fingerprint density at radius 1 is 0.943 bits per heavy atom. The van der Waals surface area contributed by atoms with Crippen molar-refractivity contribution in [3.05, 3.63) is 66.4 Å². The summed E-state index contributed by atoms with van der Waals surface area (Å²) in [6.45, 7) is 12.2. The van der Waals surface area contributed by atoms with Crippen LogP contribution in [0.3, 0.4) is 0 Å². The van der Waals surface area contributed by atoms with E-state index in [-0.39, 0.29) is 5.91 Å². The first-order valence-electron chi connectivity index (χ1n) is 13.3. The van der Waals surface area contributed by atoms with E-state index in [1.807, 2.05) is 17.0 Å². The van der Waals surface area contributed by atoms with Gasteiger partial charge in [0.15, 0.2) is 0 Å². The lowest BCUT2D eigenvalue weighted by atomic mass is 10.0. The summed E-state index contributed by atoms with van der Waals surface area (Å²) in [5.41, 5.74) is 3.34. The Labute approximate surface area is 209 Å². The van der Waals surface area contributed by atoms with Gasteiger partial charge in [-0.2, -0.15) is 0 Å². The number of piperazine rings is 1. The van der Waals surface area contributed by atoms with Crippen LogP contribution in [-0.4, -0.2) is 78.2 Å². The van der Waals surface area contributed by atoms with Crippen molar-refractivity contribution < 1.29 is 4.79 Å². The summed E-state index contributed by atoms with van der Waals surface area (Å²) < 4.78 is 2.36. The second kappa shape index (κ2) is 10.8. The molecule has 0 radical (unpaired) electrons. The Kier molecular flexibility index (Phi) is 7.40. The van der Waals surface area contributed by atoms with Crippen molar-refractivity contribution in [1.29, 1.82) is 0 Å². The van der Waals surface area contributed by atoms with Gasteiger partial charge < -0.3 is 24.6 Å². The van der Waals surface area contributed by atoms with Crippen LogP contribution in [0.2, 0.25) is 0 Å². The van der Waals surface area contributed by atoms with Crippen LogP contribution in [0, 0.1) is 0 Å². The number of fused-ring (bicyclic) bond motifs is 1. The number of nitrogens with one attached hydrogen (secondary N) is 1. The molecule has 1 amide bonds. The van der Waals surface area contributed by atoms with Crippen LogP contribution in [-0.2, 0) is 6.54 Å². The molecule has 2 saturated heterocycles. The second-order valence-corrected chi connectivity index (χ2v) is 10.1. The molecule has 2 fully saturated rings. The van der Waals surface area contributed by atoms with Gasteiger partial charge >= 0.3 is 0 Å². The predicted molar refractivity (Wildman–Crippen MR) is 144 cm³/mol. The number of carbonyl (C=O) groups is 1. The minimum Gasteiger partial charge on any atom is -0.371 e. The summed E-state index contributed by atoms with van der Waals surface area (Å²) in [6, 6.07) is 20.0. The fraction of sp³-hybridized carbons (Fsp3) is 0.483. The van der Waals surface area contributed by atoms with Gasteiger partial charge in [-0.15, -0.1) is 0 Å². The van der Waals surface area contributed by atoms with Gasteiger partial charge in [0.05, 0.1) is 0 Å². The smallest absolute Gasteiger partial charge is 0.253 e. The van der Waals surface area contributed by atoms with Gasteiger partial charge in [-0.1, -0.05) is 25.1 Å². The predicted octanol–water partition coefficient (Wildman–Crippen LogP) is 4.07. The number of carbonyl (C=O) groups excluding carboxylic acids is 1. The highest BCUT2D eigenvalue weighted by molar-refractivity contribution is 5.94. The van der Waals surface area contributed by atoms with Crippen LogP contribution in [0.5, 0.6) is 0 Å². The lowest BCUT2D eigenvalue weighted by Gasteiger charge is -2.36. The van der Waals surface area contributed by atoms with Crippen molar-refractivity contribution in [3.8, 4) is 0 Å². The van der Waals surface area contributed by atoms with Crippen LogP contribution in [0.25, 0.3) is 10.9 Å². The van der Waals surface area contributed by atoms with Crippen molar-refractivity contribution >= 4 is 22.5 Å². The Morgan fingerprint density at radius 2 is 1.66 bits per heavy atom. The average molecular weight is 474 g/mol. The normalized spacial score (nSPS) is 18.8. The molecule has 6 nitrogen and oxygen atoms in total. The zero-order valence-corrected chi connectivity index (χ0v) is 21.2. The van der Waals surface area contributed by atoms with Crippen molar-refractivity contribution in [1.82, 2.24) is 19.7 Å². The summed E-state index contributed by atoms with van der Waals surface area (Å²) in [4.78, 5) is 19.7. The third kappa shape index (κ3) is 5.54. The number of benzene rings is 2. The SMILES string of the molecule is CCN1CCN(C(=O)c2ccc(N3CCC(N[C@@H](C)Cn4ccc5ccccc54)CC3)cc2)CC1. The highest BCUT2D eigenvalue weighted by Gasteiger charge is 2.23. The summed E-state index contributed by atoms with van der Waals surface area (Å²) in [5.74, 6) is 0.166. The molecule has 1 atom stereocenters. The lowest BCUT2D eigenvalue weighted by molar-refractivity contribution is 0.0643. The molecule has 1 N–H and O–H groups in total. The van der Waals surface area contributed by atoms with Gasteiger partial charge in [0, 0.05) is 80.9 Å². The van der Waals surface area contributed by atoms with E-state index in [0.29, 0.717) is 12.1 Å². The highest BCUT2D eigenvalue weighted by Crippen LogP contribution is 2.22. The third-order valence-electron chi connectivity index (χ3n) is 7.75. The molecule has 0 aliphatic carbocycles. The van der Waals surface area contributed by atoms with E-state index < -0.39 is 0 Å². The minimum absolute atomic E-state index is 0.166. The molecule has 0 bridgehead atoms. The molecule has 2 aliphatic heterocycles. The van der Waals surface area contributed by atoms with Crippen molar-refractivity contribution in [2.45, 2.75) is 45.3 Å². The molecule has 35 heavy (non-hydrogen) atoms. The Balaban J connectivity index is 1.10. The number of para-hydroxylation sites is 1. The number of aromatic nitrogens is 1. The maximum Gasteiger partial charge on any atom is 0.253 e. The fourth-order valence-electron chi connectivity index (χ4n) is 5.62. The average Bonchev–Trinajstić information content (AvgIpc) is 3.31. The van der Waals surface area contributed by atoms with Crippen molar-refractivity contribution in [3.63, 3.8) is 0 Å². The molecule has 2 aromatic carbocycles. The molecular formula is C29H39N5O. The topological polar surface area (TPSA) is 43.8 Å². The van der Waals surface area contributed by atoms with E-state index in [2.05, 4.69) is 82.2 Å². The van der Waals surface area contributed by atoms with E-state index >= 15 is 0 Å². The number of hydrogen-bond acceptors (Lipinski definition) is 4. The first-order chi connectivity index (χ1) is 17.1. The van der Waals surface area contributed by atoms with E-state index in [1.165, 1.54) is 16.6 Å². The standard InChI is InChI=1S/C29H39N5O/c1-3-31-18-20-33(21-19-31)29(35)25-8-10-27(11-9-25)32-16-13-26(14-17-32)30-23(2)22-34-15-12-24-6-4-5-7-28(24)34/h4-12,15,23,26,30H,3,13-14,16-22H2,1-2H3/t23-/m0/s1. The van der Waals surface area contributed by atoms with Crippen LogP contribution < -0.4 is 10.2 Å². The molecule has 0 unspecified atom stereocenters. The third-order valence-corrected chi connectivity index (χ3v) is 7.75. The van der Waals surface area contributed by atoms with Gasteiger partial charge in [-0.25, -0.2) is 0 Å². The van der Waals surface area contributed by atoms with Gasteiger partial charge in [-0.3, -0.25) is 4.79 Å². The number of anilines is 1. The molecule has 186 valence electrons. The zero-order chi connectivity index (χ0) is 24.2. The Hall–Kier alpha value is -2.83. The molecule has 2 aliphatic rings. The number of piperidine rings is 1. The van der Waals surface area contributed by atoms with Gasteiger partial charge in [0.25, 0.3) is 5.91 Å². The fourth-order valence-corrected chi connectivity index (χ4v) is 5.62. The molecule has 3 heterocycles. The van der Waals surface area contributed by atoms with Gasteiger partial charge in [-0.05, 0) is 68.1 Å². The van der Waals surface area contributed by atoms with E-state index in [0.717, 1.165) is 70.8 Å². The summed E-state index contributed by atoms with van der Waals surface area (Å²) in [5, 5.41) is 5.17. The maximum atomic E-state index is 12.9. The molecule has 0 spiro atoms. The first-order valence-corrected chi connectivity index (χ1v) is 13.3. The molecular weight excluding hydrogens is 434 g/mol. The van der Waals surface area contributed by atoms with Gasteiger partial charge in [0.2, 0.25) is 0 Å². The zero-order valence-electron chi connectivity index (χ0n) is 21.2. The highest BCUT2D eigenvalue weighted by atomic mass is 16.2. The van der Waals surface area contributed by atoms with Crippen LogP contribution in [0.1, 0.15) is 37.0 Å². The number of hydrogen-bond donors (Lipinski definition) is 1. The van der Waals surface area contributed by atoms with Gasteiger partial charge in [0.1, 0.15) is 0 Å². The quantitative estimate of drug-likeness (QED) is 0.562. The van der Waals surface area contributed by atoms with Crippen LogP contribution in [0.4, 0.5) is 5.69 Å². The van der Waals surface area contributed by atoms with Crippen molar-refractivity contribution in [2.75, 3.05) is 50.7 Å². The molecule has 6 heteroatoms. The summed E-state index contributed by atoms with van der Waals surface area (Å²) >= 11 is 0. The number of amides is 1. The number of likely N-dealkylation sites (N-methyl/N-ethyl adjacent to an activating group) is 1. The summed E-state index contributed by atoms with van der Waals surface area (Å²) in [6.07, 6.45) is 4.48. The number of rotatable bonds is 7. The lowest BCUT2D eigenvalue weighted by Crippen LogP contribution is -2.48. The monoisotopic (exact) mass is 473 g/mol. The number of nitrogens with zero attached hydrogens (tertiary/aromatic N) is 4. The van der Waals surface area contributed by atoms with Crippen LogP contribution >= 0.6 is 0 Å². The molecule has 0 saturated carbocycles. The largest absolute Gasteiger partial charge is 0.371 e. The molecule has 3 aromatic rings. The Morgan fingerprint density at radius 3 is 2.37 bits per heavy atom. The first kappa shape index (κ1) is 23.9. The minimum atomic E-state index is 0.166. The van der Waals surface area contributed by atoms with E-state index in [9.17, 15) is 4.79 Å². The summed E-state index contributed by atoms with van der Waals surface area (Å²) in [7, 11) is 0. The van der Waals surface area contributed by atoms with E-state index in [4.69, 9.17) is 0 Å². The van der Waals surface area contributed by atoms with E-state index in [1.54, 1.807) is 0 Å².